The average molecular weight is 239 g/mol. The minimum absolute atomic E-state index is 0.0244. The van der Waals surface area contributed by atoms with Crippen LogP contribution in [0, 0.1) is 0 Å². The summed E-state index contributed by atoms with van der Waals surface area (Å²) in [5.41, 5.74) is 0.971. The van der Waals surface area contributed by atoms with Gasteiger partial charge in [-0.3, -0.25) is 4.79 Å². The fourth-order valence-corrected chi connectivity index (χ4v) is 2.12. The molecule has 2 aromatic carbocycles. The molecule has 92 valence electrons. The molecule has 2 rings (SSSR count). The number of likely N-dealkylation sites (N-methyl/N-ethyl adjacent to an activating group) is 1. The number of hydrogen-bond donors (Lipinski definition) is 0. The van der Waals surface area contributed by atoms with Crippen LogP contribution in [0.3, 0.4) is 0 Å². The summed E-state index contributed by atoms with van der Waals surface area (Å²) < 4.78 is 0. The van der Waals surface area contributed by atoms with Gasteiger partial charge in [0.1, 0.15) is 0 Å². The third-order valence-corrected chi connectivity index (χ3v) is 2.95. The minimum atomic E-state index is 0.0244. The molecule has 2 nitrogen and oxygen atoms in total. The topological polar surface area (TPSA) is 20.3 Å². The molecule has 0 saturated carbocycles. The summed E-state index contributed by atoms with van der Waals surface area (Å²) in [6.45, 7) is 4.51. The van der Waals surface area contributed by atoms with Gasteiger partial charge in [0.2, 0.25) is 0 Å². The fraction of sp³-hybridized carbons (Fsp3) is 0.188. The summed E-state index contributed by atoms with van der Waals surface area (Å²) >= 11 is 0. The third kappa shape index (κ3) is 2.28. The van der Waals surface area contributed by atoms with Crippen molar-refractivity contribution in [2.45, 2.75) is 13.8 Å². The van der Waals surface area contributed by atoms with E-state index in [0.29, 0.717) is 6.54 Å². The van der Waals surface area contributed by atoms with Gasteiger partial charge in [-0.1, -0.05) is 42.5 Å². The molecule has 0 N–H and O–H groups in total. The number of carbonyl (C=O) groups excluding carboxylic acids is 1. The van der Waals surface area contributed by atoms with Crippen LogP contribution in [0.1, 0.15) is 13.8 Å². The summed E-state index contributed by atoms with van der Waals surface area (Å²) in [5.74, 6) is 0.0244. The van der Waals surface area contributed by atoms with Crippen molar-refractivity contribution >= 4 is 22.4 Å². The van der Waals surface area contributed by atoms with E-state index < -0.39 is 0 Å². The Morgan fingerprint density at radius 1 is 1.17 bits per heavy atom. The summed E-state index contributed by atoms with van der Waals surface area (Å²) in [6.07, 6.45) is 3.38. The van der Waals surface area contributed by atoms with Crippen LogP contribution in [-0.4, -0.2) is 12.5 Å². The zero-order valence-electron chi connectivity index (χ0n) is 10.8. The first-order valence-electron chi connectivity index (χ1n) is 6.20. The van der Waals surface area contributed by atoms with Gasteiger partial charge in [0.25, 0.3) is 5.91 Å². The molecule has 0 bridgehead atoms. The Labute approximate surface area is 108 Å². The second-order valence-electron chi connectivity index (χ2n) is 4.08. The highest BCUT2D eigenvalue weighted by atomic mass is 16.2. The summed E-state index contributed by atoms with van der Waals surface area (Å²) in [4.78, 5) is 13.9. The second kappa shape index (κ2) is 5.50. The van der Waals surface area contributed by atoms with E-state index in [9.17, 15) is 4.79 Å². The molecule has 0 unspecified atom stereocenters. The maximum absolute atomic E-state index is 12.1. The molecule has 0 aliphatic rings. The summed E-state index contributed by atoms with van der Waals surface area (Å²) in [5, 5.41) is 2.27. The zero-order chi connectivity index (χ0) is 13.0. The molecule has 0 spiro atoms. The molecule has 0 fully saturated rings. The molecule has 1 amide bonds. The van der Waals surface area contributed by atoms with Gasteiger partial charge in [0.15, 0.2) is 0 Å². The van der Waals surface area contributed by atoms with E-state index in [1.54, 1.807) is 17.1 Å². The Balaban J connectivity index is 2.55. The molecule has 0 aromatic heterocycles. The standard InChI is InChI=1S/C16H17NO/c1-3-8-16(18)17(4-2)15-12-7-10-13-9-5-6-11-14(13)15/h3,5-12H,4H2,1-2H3. The van der Waals surface area contributed by atoms with Crippen LogP contribution in [0.4, 0.5) is 5.69 Å². The average Bonchev–Trinajstić information content (AvgIpc) is 2.40. The first-order chi connectivity index (χ1) is 8.77. The van der Waals surface area contributed by atoms with E-state index in [4.69, 9.17) is 0 Å². The quantitative estimate of drug-likeness (QED) is 0.747. The predicted octanol–water partition coefficient (Wildman–Crippen LogP) is 3.77. The molecule has 2 aromatic rings. The highest BCUT2D eigenvalue weighted by Crippen LogP contribution is 2.26. The van der Waals surface area contributed by atoms with E-state index in [1.807, 2.05) is 38.1 Å². The van der Waals surface area contributed by atoms with Crippen LogP contribution in [0.15, 0.2) is 54.6 Å². The highest BCUT2D eigenvalue weighted by Gasteiger charge is 2.13. The molecule has 0 saturated heterocycles. The monoisotopic (exact) mass is 239 g/mol. The molecule has 0 radical (unpaired) electrons. The number of allylic oxidation sites excluding steroid dienone is 1. The van der Waals surface area contributed by atoms with Crippen molar-refractivity contribution in [2.24, 2.45) is 0 Å². The van der Waals surface area contributed by atoms with E-state index in [0.717, 1.165) is 16.5 Å². The first-order valence-corrected chi connectivity index (χ1v) is 6.20. The molecule has 0 heterocycles. The van der Waals surface area contributed by atoms with E-state index in [2.05, 4.69) is 18.2 Å². The van der Waals surface area contributed by atoms with Crippen LogP contribution in [-0.2, 0) is 4.79 Å². The number of fused-ring (bicyclic) bond motifs is 1. The zero-order valence-corrected chi connectivity index (χ0v) is 10.8. The largest absolute Gasteiger partial charge is 0.309 e. The Morgan fingerprint density at radius 2 is 1.89 bits per heavy atom. The molecule has 18 heavy (non-hydrogen) atoms. The van der Waals surface area contributed by atoms with Crippen molar-refractivity contribution in [1.82, 2.24) is 0 Å². The van der Waals surface area contributed by atoms with Gasteiger partial charge in [-0.05, 0) is 31.4 Å². The lowest BCUT2D eigenvalue weighted by Gasteiger charge is -2.21. The lowest BCUT2D eigenvalue weighted by molar-refractivity contribution is -0.114. The van der Waals surface area contributed by atoms with Gasteiger partial charge in [-0.15, -0.1) is 0 Å². The lowest BCUT2D eigenvalue weighted by atomic mass is 10.1. The van der Waals surface area contributed by atoms with Crippen LogP contribution >= 0.6 is 0 Å². The maximum Gasteiger partial charge on any atom is 0.250 e. The second-order valence-corrected chi connectivity index (χ2v) is 4.08. The number of rotatable bonds is 3. The maximum atomic E-state index is 12.1. The van der Waals surface area contributed by atoms with Crippen molar-refractivity contribution in [1.29, 1.82) is 0 Å². The SMILES string of the molecule is CC=CC(=O)N(CC)c1cccc2ccccc12. The third-order valence-electron chi connectivity index (χ3n) is 2.95. The van der Waals surface area contributed by atoms with Crippen molar-refractivity contribution in [3.8, 4) is 0 Å². The Bertz CT molecular complexity index is 581. The van der Waals surface area contributed by atoms with Crippen LogP contribution in [0.5, 0.6) is 0 Å². The number of hydrogen-bond acceptors (Lipinski definition) is 1. The number of carbonyl (C=O) groups is 1. The van der Waals surface area contributed by atoms with E-state index >= 15 is 0 Å². The summed E-state index contributed by atoms with van der Waals surface area (Å²) in [6, 6.07) is 14.2. The van der Waals surface area contributed by atoms with Crippen molar-refractivity contribution in [2.75, 3.05) is 11.4 Å². The number of anilines is 1. The van der Waals surface area contributed by atoms with E-state index in [-0.39, 0.29) is 5.91 Å². The van der Waals surface area contributed by atoms with E-state index in [1.165, 1.54) is 0 Å². The number of amides is 1. The fourth-order valence-electron chi connectivity index (χ4n) is 2.12. The van der Waals surface area contributed by atoms with Crippen molar-refractivity contribution < 1.29 is 4.79 Å². The first kappa shape index (κ1) is 12.4. The van der Waals surface area contributed by atoms with Gasteiger partial charge >= 0.3 is 0 Å². The van der Waals surface area contributed by atoms with Gasteiger partial charge < -0.3 is 4.90 Å². The highest BCUT2D eigenvalue weighted by molar-refractivity contribution is 6.07. The minimum Gasteiger partial charge on any atom is -0.309 e. The summed E-state index contributed by atoms with van der Waals surface area (Å²) in [7, 11) is 0. The van der Waals surface area contributed by atoms with Crippen LogP contribution < -0.4 is 4.90 Å². The van der Waals surface area contributed by atoms with Gasteiger partial charge in [0, 0.05) is 11.9 Å². The van der Waals surface area contributed by atoms with Crippen molar-refractivity contribution in [3.05, 3.63) is 54.6 Å². The van der Waals surface area contributed by atoms with Crippen molar-refractivity contribution in [3.63, 3.8) is 0 Å². The molecule has 2 heteroatoms. The Hall–Kier alpha value is -2.09. The van der Waals surface area contributed by atoms with Crippen LogP contribution in [0.25, 0.3) is 10.8 Å². The molecular formula is C16H17NO. The molecule has 0 aliphatic heterocycles. The molecule has 0 atom stereocenters. The number of benzene rings is 2. The predicted molar refractivity (Wildman–Crippen MR) is 76.8 cm³/mol. The lowest BCUT2D eigenvalue weighted by Crippen LogP contribution is -2.28. The number of nitrogens with zero attached hydrogens (tertiary/aromatic N) is 1. The Kier molecular flexibility index (Phi) is 3.78. The van der Waals surface area contributed by atoms with Crippen LogP contribution in [0.2, 0.25) is 0 Å². The van der Waals surface area contributed by atoms with Gasteiger partial charge in [-0.25, -0.2) is 0 Å². The van der Waals surface area contributed by atoms with Gasteiger partial charge in [-0.2, -0.15) is 0 Å². The van der Waals surface area contributed by atoms with Gasteiger partial charge in [0.05, 0.1) is 5.69 Å². The normalized spacial score (nSPS) is 11.0. The Morgan fingerprint density at radius 3 is 2.61 bits per heavy atom. The molecular weight excluding hydrogens is 222 g/mol. The molecule has 0 aliphatic carbocycles. The smallest absolute Gasteiger partial charge is 0.250 e.